The van der Waals surface area contributed by atoms with Crippen molar-refractivity contribution >= 4 is 23.5 Å². The molecule has 0 aliphatic carbocycles. The molecule has 2 unspecified atom stereocenters. The first-order chi connectivity index (χ1) is 13.0. The summed E-state index contributed by atoms with van der Waals surface area (Å²) in [6, 6.07) is 10.3. The minimum absolute atomic E-state index is 0. The van der Waals surface area contributed by atoms with Gasteiger partial charge in [-0.2, -0.15) is 0 Å². The fourth-order valence-electron chi connectivity index (χ4n) is 2.66. The highest BCUT2D eigenvalue weighted by Crippen LogP contribution is 2.32. The standard InChI is InChI=1S/C20H18O8.2H2O/c1-11-3-7-13(8-4-11)15(21)19(27,17(23)24)20(28,18(25)26)16(22)14-9-5-12(2)6-10-14;;/h3-10,27-28H,1-2H3,(H,23,24)(H,25,26);2*1H2. The Labute approximate surface area is 170 Å². The van der Waals surface area contributed by atoms with Gasteiger partial charge in [0, 0.05) is 11.1 Å². The average molecular weight is 422 g/mol. The third-order valence-electron chi connectivity index (χ3n) is 4.43. The highest BCUT2D eigenvalue weighted by Gasteiger charge is 2.69. The molecule has 0 aromatic heterocycles. The maximum absolute atomic E-state index is 12.8. The number of aliphatic carboxylic acids is 2. The number of carboxylic acid groups (broad SMARTS) is 2. The normalized spacial score (nSPS) is 14.1. The molecule has 10 nitrogen and oxygen atoms in total. The van der Waals surface area contributed by atoms with E-state index in [4.69, 9.17) is 0 Å². The van der Waals surface area contributed by atoms with Gasteiger partial charge in [-0.3, -0.25) is 9.59 Å². The van der Waals surface area contributed by atoms with Crippen molar-refractivity contribution in [2.75, 3.05) is 0 Å². The topological polar surface area (TPSA) is 212 Å². The lowest BCUT2D eigenvalue weighted by Crippen LogP contribution is -2.71. The number of aliphatic hydroxyl groups is 2. The van der Waals surface area contributed by atoms with Gasteiger partial charge in [0.15, 0.2) is 0 Å². The largest absolute Gasteiger partial charge is 0.479 e. The summed E-state index contributed by atoms with van der Waals surface area (Å²) in [6.45, 7) is 3.37. The second-order valence-electron chi connectivity index (χ2n) is 6.42. The van der Waals surface area contributed by atoms with E-state index in [0.717, 1.165) is 24.3 Å². The molecule has 2 rings (SSSR count). The quantitative estimate of drug-likeness (QED) is 0.331. The Hall–Kier alpha value is -3.44. The molecule has 0 bridgehead atoms. The summed E-state index contributed by atoms with van der Waals surface area (Å²) >= 11 is 0. The SMILES string of the molecule is Cc1ccc(C(=O)C(O)(C(=O)O)C(O)(C(=O)O)C(=O)c2ccc(C)cc2)cc1.O.O. The predicted octanol–water partition coefficient (Wildman–Crippen LogP) is -0.649. The number of aryl methyl sites for hydroxylation is 2. The van der Waals surface area contributed by atoms with E-state index in [9.17, 15) is 39.6 Å². The minimum Gasteiger partial charge on any atom is -0.479 e. The van der Waals surface area contributed by atoms with Crippen LogP contribution in [0, 0.1) is 13.8 Å². The van der Waals surface area contributed by atoms with Crippen LogP contribution in [0.4, 0.5) is 0 Å². The van der Waals surface area contributed by atoms with Crippen LogP contribution in [0.25, 0.3) is 0 Å². The van der Waals surface area contributed by atoms with Gasteiger partial charge in [0.2, 0.25) is 11.6 Å². The monoisotopic (exact) mass is 422 g/mol. The summed E-state index contributed by atoms with van der Waals surface area (Å²) in [5, 5.41) is 40.3. The van der Waals surface area contributed by atoms with E-state index in [-0.39, 0.29) is 22.1 Å². The average Bonchev–Trinajstić information content (AvgIpc) is 2.66. The predicted molar refractivity (Wildman–Crippen MR) is 103 cm³/mol. The molecular weight excluding hydrogens is 400 g/mol. The first-order valence-corrected chi connectivity index (χ1v) is 8.10. The lowest BCUT2D eigenvalue weighted by molar-refractivity contribution is -0.187. The molecule has 10 heteroatoms. The van der Waals surface area contributed by atoms with Crippen LogP contribution in [0.15, 0.2) is 48.5 Å². The molecule has 0 saturated carbocycles. The second-order valence-corrected chi connectivity index (χ2v) is 6.42. The maximum atomic E-state index is 12.8. The van der Waals surface area contributed by atoms with Crippen molar-refractivity contribution in [1.29, 1.82) is 0 Å². The summed E-state index contributed by atoms with van der Waals surface area (Å²) in [6.07, 6.45) is 0. The van der Waals surface area contributed by atoms with E-state index < -0.39 is 34.7 Å². The first-order valence-electron chi connectivity index (χ1n) is 8.10. The van der Waals surface area contributed by atoms with Crippen LogP contribution in [-0.2, 0) is 9.59 Å². The van der Waals surface area contributed by atoms with Crippen LogP contribution in [0.1, 0.15) is 31.8 Å². The van der Waals surface area contributed by atoms with Gasteiger partial charge in [-0.05, 0) is 13.8 Å². The van der Waals surface area contributed by atoms with Crippen LogP contribution < -0.4 is 0 Å². The van der Waals surface area contributed by atoms with Gasteiger partial charge in [-0.1, -0.05) is 59.7 Å². The number of hydrogen-bond acceptors (Lipinski definition) is 6. The zero-order valence-electron chi connectivity index (χ0n) is 16.0. The van der Waals surface area contributed by atoms with Crippen molar-refractivity contribution in [1.82, 2.24) is 0 Å². The van der Waals surface area contributed by atoms with Crippen LogP contribution in [0.2, 0.25) is 0 Å². The van der Waals surface area contributed by atoms with E-state index in [2.05, 4.69) is 0 Å². The molecule has 0 spiro atoms. The number of ketones is 2. The molecular formula is C20H22O10. The Morgan fingerprint density at radius 1 is 0.600 bits per heavy atom. The number of benzene rings is 2. The number of hydrogen-bond donors (Lipinski definition) is 4. The zero-order chi connectivity index (χ0) is 21.3. The molecule has 162 valence electrons. The number of Topliss-reactive ketones (excluding diaryl/α,β-unsaturated/α-hetero) is 2. The Kier molecular flexibility index (Phi) is 8.30. The maximum Gasteiger partial charge on any atom is 0.348 e. The fourth-order valence-corrected chi connectivity index (χ4v) is 2.66. The number of rotatable bonds is 7. The van der Waals surface area contributed by atoms with Gasteiger partial charge in [0.1, 0.15) is 0 Å². The Morgan fingerprint density at radius 2 is 0.833 bits per heavy atom. The molecule has 0 saturated heterocycles. The lowest BCUT2D eigenvalue weighted by atomic mass is 9.73. The second kappa shape index (κ2) is 9.37. The molecule has 2 aromatic rings. The van der Waals surface area contributed by atoms with E-state index in [1.54, 1.807) is 13.8 Å². The van der Waals surface area contributed by atoms with Gasteiger partial charge in [0.05, 0.1) is 0 Å². The van der Waals surface area contributed by atoms with E-state index in [1.807, 2.05) is 0 Å². The third kappa shape index (κ3) is 4.11. The summed E-state index contributed by atoms with van der Waals surface area (Å²) < 4.78 is 0. The van der Waals surface area contributed by atoms with Crippen molar-refractivity contribution in [3.05, 3.63) is 70.8 Å². The summed E-state index contributed by atoms with van der Waals surface area (Å²) in [7, 11) is 0. The Balaban J connectivity index is 0.00000420. The van der Waals surface area contributed by atoms with Crippen molar-refractivity contribution in [3.63, 3.8) is 0 Å². The minimum atomic E-state index is -3.96. The van der Waals surface area contributed by atoms with Crippen molar-refractivity contribution in [2.24, 2.45) is 0 Å². The lowest BCUT2D eigenvalue weighted by Gasteiger charge is -2.34. The molecule has 2 aromatic carbocycles. The molecule has 2 atom stereocenters. The number of carbonyl (C=O) groups excluding carboxylic acids is 2. The third-order valence-corrected chi connectivity index (χ3v) is 4.43. The fraction of sp³-hybridized carbons (Fsp3) is 0.200. The zero-order valence-corrected chi connectivity index (χ0v) is 16.0. The van der Waals surface area contributed by atoms with Crippen LogP contribution in [0.5, 0.6) is 0 Å². The molecule has 0 amide bonds. The Bertz CT molecular complexity index is 869. The molecule has 0 heterocycles. The summed E-state index contributed by atoms with van der Waals surface area (Å²) in [5.74, 6) is -8.01. The van der Waals surface area contributed by atoms with Crippen LogP contribution in [-0.4, -0.2) is 66.1 Å². The number of carboxylic acids is 2. The van der Waals surface area contributed by atoms with Gasteiger partial charge < -0.3 is 31.4 Å². The van der Waals surface area contributed by atoms with Crippen LogP contribution in [0.3, 0.4) is 0 Å². The molecule has 0 aliphatic heterocycles. The van der Waals surface area contributed by atoms with Gasteiger partial charge in [-0.25, -0.2) is 9.59 Å². The molecule has 0 radical (unpaired) electrons. The van der Waals surface area contributed by atoms with Gasteiger partial charge >= 0.3 is 11.9 Å². The van der Waals surface area contributed by atoms with Crippen molar-refractivity contribution in [2.45, 2.75) is 25.0 Å². The molecule has 0 aliphatic rings. The van der Waals surface area contributed by atoms with E-state index >= 15 is 0 Å². The molecule has 30 heavy (non-hydrogen) atoms. The van der Waals surface area contributed by atoms with E-state index in [0.29, 0.717) is 11.1 Å². The molecule has 8 N–H and O–H groups in total. The van der Waals surface area contributed by atoms with E-state index in [1.165, 1.54) is 24.3 Å². The van der Waals surface area contributed by atoms with Crippen molar-refractivity contribution in [3.8, 4) is 0 Å². The van der Waals surface area contributed by atoms with Gasteiger partial charge in [0.25, 0.3) is 11.2 Å². The highest BCUT2D eigenvalue weighted by molar-refractivity contribution is 6.28. The van der Waals surface area contributed by atoms with Gasteiger partial charge in [-0.15, -0.1) is 0 Å². The summed E-state index contributed by atoms with van der Waals surface area (Å²) in [4.78, 5) is 49.1. The number of carbonyl (C=O) groups is 4. The van der Waals surface area contributed by atoms with Crippen molar-refractivity contribution < 1.29 is 50.6 Å². The molecule has 0 fully saturated rings. The highest BCUT2D eigenvalue weighted by atomic mass is 16.5. The van der Waals surface area contributed by atoms with Crippen LogP contribution >= 0.6 is 0 Å². The first kappa shape index (κ1) is 26.6. The summed E-state index contributed by atoms with van der Waals surface area (Å²) in [5.41, 5.74) is -7.27. The smallest absolute Gasteiger partial charge is 0.348 e. The Morgan fingerprint density at radius 3 is 1.03 bits per heavy atom.